The Morgan fingerprint density at radius 3 is 2.20 bits per heavy atom. The van der Waals surface area contributed by atoms with Crippen LogP contribution in [-0.4, -0.2) is 11.1 Å². The summed E-state index contributed by atoms with van der Waals surface area (Å²) in [5.41, 5.74) is 2.36. The molecule has 0 atom stereocenters. The van der Waals surface area contributed by atoms with Crippen LogP contribution >= 0.6 is 0 Å². The van der Waals surface area contributed by atoms with Gasteiger partial charge in [-0.1, -0.05) is 36.4 Å². The van der Waals surface area contributed by atoms with E-state index in [9.17, 15) is 4.79 Å². The number of allylic oxidation sites excluding steroid dienone is 1. The first-order valence-corrected chi connectivity index (χ1v) is 4.78. The average Bonchev–Trinajstić information content (AvgIpc) is 2.21. The third kappa shape index (κ3) is 3.43. The summed E-state index contributed by atoms with van der Waals surface area (Å²) in [5, 5.41) is 8.70. The SMILES string of the molecule is C/C=C/c1ccc(C=C(C)C(=O)O)cc1. The highest BCUT2D eigenvalue weighted by Crippen LogP contribution is 2.10. The summed E-state index contributed by atoms with van der Waals surface area (Å²) in [6, 6.07) is 7.73. The fourth-order valence-electron chi connectivity index (χ4n) is 1.21. The largest absolute Gasteiger partial charge is 0.478 e. The van der Waals surface area contributed by atoms with Crippen molar-refractivity contribution >= 4 is 18.1 Å². The fraction of sp³-hybridized carbons (Fsp3) is 0.154. The number of hydrogen-bond acceptors (Lipinski definition) is 1. The van der Waals surface area contributed by atoms with Crippen LogP contribution in [-0.2, 0) is 4.79 Å². The molecule has 1 N–H and O–H groups in total. The van der Waals surface area contributed by atoms with E-state index >= 15 is 0 Å². The maximum atomic E-state index is 10.6. The number of carboxylic acids is 1. The van der Waals surface area contributed by atoms with Gasteiger partial charge in [-0.15, -0.1) is 0 Å². The first-order chi connectivity index (χ1) is 7.13. The van der Waals surface area contributed by atoms with Crippen LogP contribution in [0.1, 0.15) is 25.0 Å². The molecule has 2 nitrogen and oxygen atoms in total. The third-order valence-electron chi connectivity index (χ3n) is 2.02. The lowest BCUT2D eigenvalue weighted by molar-refractivity contribution is -0.132. The summed E-state index contributed by atoms with van der Waals surface area (Å²) in [4.78, 5) is 10.6. The Bertz CT molecular complexity index is 397. The molecule has 0 aromatic heterocycles. The lowest BCUT2D eigenvalue weighted by atomic mass is 10.1. The van der Waals surface area contributed by atoms with Crippen molar-refractivity contribution in [1.29, 1.82) is 0 Å². The van der Waals surface area contributed by atoms with Gasteiger partial charge < -0.3 is 5.11 Å². The quantitative estimate of drug-likeness (QED) is 0.764. The second-order valence-electron chi connectivity index (χ2n) is 3.30. The summed E-state index contributed by atoms with van der Waals surface area (Å²) >= 11 is 0. The second kappa shape index (κ2) is 5.15. The van der Waals surface area contributed by atoms with Gasteiger partial charge in [-0.05, 0) is 31.1 Å². The minimum absolute atomic E-state index is 0.341. The number of hydrogen-bond donors (Lipinski definition) is 1. The smallest absolute Gasteiger partial charge is 0.331 e. The molecule has 0 amide bonds. The van der Waals surface area contributed by atoms with Crippen LogP contribution in [0.2, 0.25) is 0 Å². The first-order valence-electron chi connectivity index (χ1n) is 4.78. The van der Waals surface area contributed by atoms with Crippen molar-refractivity contribution in [2.45, 2.75) is 13.8 Å². The fourth-order valence-corrected chi connectivity index (χ4v) is 1.21. The standard InChI is InChI=1S/C13H14O2/c1-3-4-11-5-7-12(8-6-11)9-10(2)13(14)15/h3-9H,1-2H3,(H,14,15)/b4-3+,10-9?. The van der Waals surface area contributed by atoms with Gasteiger partial charge in [0.15, 0.2) is 0 Å². The van der Waals surface area contributed by atoms with E-state index in [1.54, 1.807) is 13.0 Å². The van der Waals surface area contributed by atoms with Crippen LogP contribution in [0.5, 0.6) is 0 Å². The highest BCUT2D eigenvalue weighted by molar-refractivity contribution is 5.91. The van der Waals surface area contributed by atoms with Gasteiger partial charge in [-0.2, -0.15) is 0 Å². The molecule has 0 saturated heterocycles. The van der Waals surface area contributed by atoms with Gasteiger partial charge in [0.05, 0.1) is 0 Å². The summed E-state index contributed by atoms with van der Waals surface area (Å²) in [5.74, 6) is -0.882. The molecule has 15 heavy (non-hydrogen) atoms. The zero-order chi connectivity index (χ0) is 11.3. The Morgan fingerprint density at radius 1 is 1.20 bits per heavy atom. The van der Waals surface area contributed by atoms with Crippen molar-refractivity contribution < 1.29 is 9.90 Å². The van der Waals surface area contributed by atoms with Gasteiger partial charge in [-0.3, -0.25) is 0 Å². The highest BCUT2D eigenvalue weighted by Gasteiger charge is 1.99. The molecule has 1 rings (SSSR count). The maximum Gasteiger partial charge on any atom is 0.331 e. The topological polar surface area (TPSA) is 37.3 Å². The second-order valence-corrected chi connectivity index (χ2v) is 3.30. The van der Waals surface area contributed by atoms with Crippen molar-refractivity contribution in [1.82, 2.24) is 0 Å². The Labute approximate surface area is 89.6 Å². The zero-order valence-corrected chi connectivity index (χ0v) is 8.90. The van der Waals surface area contributed by atoms with Crippen LogP contribution in [0.15, 0.2) is 35.9 Å². The normalized spacial score (nSPS) is 12.0. The predicted octanol–water partition coefficient (Wildman–Crippen LogP) is 3.21. The third-order valence-corrected chi connectivity index (χ3v) is 2.02. The van der Waals surface area contributed by atoms with E-state index < -0.39 is 5.97 Å². The van der Waals surface area contributed by atoms with Crippen LogP contribution in [0.25, 0.3) is 12.2 Å². The lowest BCUT2D eigenvalue weighted by Gasteiger charge is -1.97. The summed E-state index contributed by atoms with van der Waals surface area (Å²) < 4.78 is 0. The number of aliphatic carboxylic acids is 1. The molecule has 0 aliphatic rings. The Balaban J connectivity index is 2.90. The molecule has 1 aromatic rings. The lowest BCUT2D eigenvalue weighted by Crippen LogP contribution is -1.95. The van der Waals surface area contributed by atoms with Gasteiger partial charge in [0.2, 0.25) is 0 Å². The summed E-state index contributed by atoms with van der Waals surface area (Å²) in [6.45, 7) is 3.55. The summed E-state index contributed by atoms with van der Waals surface area (Å²) in [7, 11) is 0. The molecular weight excluding hydrogens is 188 g/mol. The maximum absolute atomic E-state index is 10.6. The van der Waals surface area contributed by atoms with Crippen molar-refractivity contribution in [3.63, 3.8) is 0 Å². The van der Waals surface area contributed by atoms with E-state index in [4.69, 9.17) is 5.11 Å². The van der Waals surface area contributed by atoms with Crippen LogP contribution in [0.3, 0.4) is 0 Å². The van der Waals surface area contributed by atoms with Gasteiger partial charge >= 0.3 is 5.97 Å². The highest BCUT2D eigenvalue weighted by atomic mass is 16.4. The molecule has 0 aliphatic heterocycles. The van der Waals surface area contributed by atoms with E-state index in [-0.39, 0.29) is 0 Å². The molecular formula is C13H14O2. The van der Waals surface area contributed by atoms with Gasteiger partial charge in [-0.25, -0.2) is 4.79 Å². The van der Waals surface area contributed by atoms with Crippen molar-refractivity contribution in [2.75, 3.05) is 0 Å². The van der Waals surface area contributed by atoms with Crippen LogP contribution < -0.4 is 0 Å². The molecule has 0 heterocycles. The Hall–Kier alpha value is -1.83. The molecule has 78 valence electrons. The van der Waals surface area contributed by atoms with Gasteiger partial charge in [0, 0.05) is 5.57 Å². The van der Waals surface area contributed by atoms with E-state index in [1.807, 2.05) is 43.3 Å². The van der Waals surface area contributed by atoms with Crippen molar-refractivity contribution in [2.24, 2.45) is 0 Å². The first kappa shape index (κ1) is 11.2. The molecule has 0 unspecified atom stereocenters. The van der Waals surface area contributed by atoms with Gasteiger partial charge in [0.25, 0.3) is 0 Å². The molecule has 0 bridgehead atoms. The molecule has 0 fully saturated rings. The molecule has 2 heteroatoms. The zero-order valence-electron chi connectivity index (χ0n) is 8.90. The Kier molecular flexibility index (Phi) is 3.86. The predicted molar refractivity (Wildman–Crippen MR) is 62.4 cm³/mol. The van der Waals surface area contributed by atoms with Gasteiger partial charge in [0.1, 0.15) is 0 Å². The minimum Gasteiger partial charge on any atom is -0.478 e. The number of rotatable bonds is 3. The van der Waals surface area contributed by atoms with E-state index in [2.05, 4.69) is 0 Å². The molecule has 0 spiro atoms. The van der Waals surface area contributed by atoms with E-state index in [0.717, 1.165) is 11.1 Å². The van der Waals surface area contributed by atoms with E-state index in [0.29, 0.717) is 5.57 Å². The van der Waals surface area contributed by atoms with Crippen molar-refractivity contribution in [3.8, 4) is 0 Å². The minimum atomic E-state index is -0.882. The van der Waals surface area contributed by atoms with Crippen LogP contribution in [0, 0.1) is 0 Å². The number of benzene rings is 1. The molecule has 0 aliphatic carbocycles. The molecule has 1 aromatic carbocycles. The summed E-state index contributed by atoms with van der Waals surface area (Å²) in [6.07, 6.45) is 5.62. The Morgan fingerprint density at radius 2 is 1.73 bits per heavy atom. The molecule has 0 radical (unpaired) electrons. The number of carboxylic acid groups (broad SMARTS) is 1. The van der Waals surface area contributed by atoms with Crippen molar-refractivity contribution in [3.05, 3.63) is 47.0 Å². The molecule has 0 saturated carbocycles. The monoisotopic (exact) mass is 202 g/mol. The van der Waals surface area contributed by atoms with E-state index in [1.165, 1.54) is 0 Å². The number of carbonyl (C=O) groups is 1. The average molecular weight is 202 g/mol. The van der Waals surface area contributed by atoms with Crippen LogP contribution in [0.4, 0.5) is 0 Å².